The van der Waals surface area contributed by atoms with Crippen LogP contribution in [0.25, 0.3) is 0 Å². The van der Waals surface area contributed by atoms with Gasteiger partial charge in [-0.15, -0.1) is 0 Å². The summed E-state index contributed by atoms with van der Waals surface area (Å²) in [5, 5.41) is 23.7. The van der Waals surface area contributed by atoms with E-state index >= 15 is 0 Å². The molecule has 1 amide bonds. The third-order valence-corrected chi connectivity index (χ3v) is 6.52. The van der Waals surface area contributed by atoms with E-state index in [9.17, 15) is 15.0 Å². The number of aliphatic hydroxyl groups excluding tert-OH is 2. The first-order chi connectivity index (χ1) is 11.1. The Balaban J connectivity index is 2.14. The molecule has 0 aliphatic carbocycles. The monoisotopic (exact) mass is 421 g/mol. The topological polar surface area (TPSA) is 91.2 Å². The van der Waals surface area contributed by atoms with E-state index in [-0.39, 0.29) is 11.8 Å². The summed E-state index contributed by atoms with van der Waals surface area (Å²) in [7, 11) is 1.75. The quantitative estimate of drug-likeness (QED) is 0.396. The van der Waals surface area contributed by atoms with Gasteiger partial charge in [-0.25, -0.2) is 0 Å². The number of rotatable bonds is 6. The van der Waals surface area contributed by atoms with Gasteiger partial charge in [0.1, 0.15) is 0 Å². The number of ether oxygens (including phenoxy) is 1. The minimum atomic E-state index is -1.22. The van der Waals surface area contributed by atoms with Crippen LogP contribution in [0.15, 0.2) is 16.6 Å². The van der Waals surface area contributed by atoms with Crippen LogP contribution in [-0.4, -0.2) is 101 Å². The van der Waals surface area contributed by atoms with Gasteiger partial charge in [0.15, 0.2) is 0 Å². The zero-order valence-electron chi connectivity index (χ0n) is 14.3. The summed E-state index contributed by atoms with van der Waals surface area (Å²) >= 11 is 2.79. The summed E-state index contributed by atoms with van der Waals surface area (Å²) < 4.78 is 6.45. The van der Waals surface area contributed by atoms with Crippen LogP contribution >= 0.6 is 6.89 Å². The first kappa shape index (κ1) is 20.1. The van der Waals surface area contributed by atoms with E-state index in [0.717, 1.165) is 6.16 Å². The molecule has 8 heteroatoms. The molecule has 1 radical (unpaired) electrons. The molecule has 0 spiro atoms. The Kier molecular flexibility index (Phi) is 6.65. The SMILES string of the molecule is C=P(C)(C)CC[C@H]1OC([C@@H]2C=C(CNC)C(=O)N=C2[Se])[C@H](O)[C@@H]1O. The molecule has 135 valence electrons. The molecule has 3 N–H and O–H groups in total. The molecule has 1 fully saturated rings. The van der Waals surface area contributed by atoms with Crippen molar-refractivity contribution in [1.82, 2.24) is 5.32 Å². The van der Waals surface area contributed by atoms with Crippen LogP contribution in [0, 0.1) is 5.92 Å². The predicted octanol–water partition coefficient (Wildman–Crippen LogP) is -0.556. The molecular weight excluding hydrogens is 394 g/mol. The van der Waals surface area contributed by atoms with Crippen LogP contribution in [0.3, 0.4) is 0 Å². The van der Waals surface area contributed by atoms with E-state index < -0.39 is 31.3 Å². The van der Waals surface area contributed by atoms with Crippen molar-refractivity contribution in [3.63, 3.8) is 0 Å². The van der Waals surface area contributed by atoms with Crippen LogP contribution in [0.2, 0.25) is 0 Å². The summed E-state index contributed by atoms with van der Waals surface area (Å²) in [6.07, 6.45) is 4.52. The second-order valence-electron chi connectivity index (χ2n) is 7.07. The predicted molar refractivity (Wildman–Crippen MR) is 99.7 cm³/mol. The van der Waals surface area contributed by atoms with Crippen LogP contribution < -0.4 is 5.32 Å². The Morgan fingerprint density at radius 1 is 1.42 bits per heavy atom. The van der Waals surface area contributed by atoms with E-state index in [1.807, 2.05) is 0 Å². The summed E-state index contributed by atoms with van der Waals surface area (Å²) in [5.41, 5.74) is 0.542. The van der Waals surface area contributed by atoms with Gasteiger partial charge in [0.25, 0.3) is 0 Å². The Hall–Kier alpha value is -0.261. The fourth-order valence-corrected chi connectivity index (χ4v) is 4.51. The number of nitrogens with zero attached hydrogens (tertiary/aromatic N) is 1. The van der Waals surface area contributed by atoms with E-state index in [2.05, 4.69) is 46.0 Å². The average Bonchev–Trinajstić information content (AvgIpc) is 2.75. The third-order valence-electron chi connectivity index (χ3n) is 4.29. The van der Waals surface area contributed by atoms with E-state index in [0.29, 0.717) is 23.1 Å². The molecule has 0 aromatic heterocycles. The van der Waals surface area contributed by atoms with Gasteiger partial charge < -0.3 is 0 Å². The summed E-state index contributed by atoms with van der Waals surface area (Å²) in [6.45, 7) is 3.45. The van der Waals surface area contributed by atoms with Crippen molar-refractivity contribution in [2.45, 2.75) is 30.8 Å². The first-order valence-corrected chi connectivity index (χ1v) is 11.9. The zero-order chi connectivity index (χ0) is 18.1. The van der Waals surface area contributed by atoms with Crippen LogP contribution in [0.1, 0.15) is 6.42 Å². The molecule has 5 atom stereocenters. The summed E-state index contributed by atoms with van der Waals surface area (Å²) in [5.74, 6) is -0.647. The summed E-state index contributed by atoms with van der Waals surface area (Å²) in [6, 6.07) is 0. The first-order valence-electron chi connectivity index (χ1n) is 7.98. The molecule has 2 heterocycles. The molecule has 2 aliphatic rings. The average molecular weight is 420 g/mol. The maximum atomic E-state index is 11.9. The van der Waals surface area contributed by atoms with E-state index in [1.54, 1.807) is 13.1 Å². The van der Waals surface area contributed by atoms with Gasteiger partial charge in [0.2, 0.25) is 0 Å². The second-order valence-corrected chi connectivity index (χ2v) is 12.3. The van der Waals surface area contributed by atoms with Gasteiger partial charge in [0.05, 0.1) is 0 Å². The summed E-state index contributed by atoms with van der Waals surface area (Å²) in [4.78, 5) is 15.9. The molecule has 24 heavy (non-hydrogen) atoms. The van der Waals surface area contributed by atoms with Crippen molar-refractivity contribution in [3.05, 3.63) is 11.6 Å². The van der Waals surface area contributed by atoms with Gasteiger partial charge in [-0.05, 0) is 0 Å². The van der Waals surface area contributed by atoms with Gasteiger partial charge in [-0.1, -0.05) is 0 Å². The normalized spacial score (nSPS) is 34.2. The van der Waals surface area contributed by atoms with Crippen molar-refractivity contribution < 1.29 is 19.7 Å². The van der Waals surface area contributed by atoms with E-state index in [1.165, 1.54) is 0 Å². The Labute approximate surface area is 151 Å². The molecule has 0 saturated carbocycles. The van der Waals surface area contributed by atoms with Crippen molar-refractivity contribution in [1.29, 1.82) is 0 Å². The van der Waals surface area contributed by atoms with Crippen molar-refractivity contribution in [3.8, 4) is 0 Å². The van der Waals surface area contributed by atoms with Crippen molar-refractivity contribution in [2.24, 2.45) is 10.9 Å². The van der Waals surface area contributed by atoms with Gasteiger partial charge in [-0.2, -0.15) is 0 Å². The Morgan fingerprint density at radius 3 is 2.67 bits per heavy atom. The fourth-order valence-electron chi connectivity index (χ4n) is 2.96. The standard InChI is InChI=1S/C16H26N2O4PSe/c1-17-8-9-7-10(16(24)18-15(9)21)14-13(20)12(19)11(22-14)5-6-23(2,3)4/h7,10-14,17,19-20H,2,5-6,8H2,1,3-4H3/t10-,11+,12+,13+,14?/m0/s1. The Morgan fingerprint density at radius 2 is 2.08 bits per heavy atom. The number of aliphatic imine (C=N–C) groups is 1. The third kappa shape index (κ3) is 4.67. The number of amides is 1. The minimum absolute atomic E-state index is 0.289. The van der Waals surface area contributed by atoms with Crippen LogP contribution in [-0.2, 0) is 9.53 Å². The molecule has 0 bridgehead atoms. The number of carbonyl (C=O) groups is 1. The van der Waals surface area contributed by atoms with E-state index in [4.69, 9.17) is 4.74 Å². The molecular formula is C16H26N2O4PSe. The molecule has 1 saturated heterocycles. The second kappa shape index (κ2) is 7.96. The molecule has 1 unspecified atom stereocenters. The number of carbonyl (C=O) groups excluding carboxylic acids is 1. The van der Waals surface area contributed by atoms with Crippen molar-refractivity contribution >= 4 is 39.7 Å². The Bertz CT molecular complexity index is 601. The van der Waals surface area contributed by atoms with Gasteiger partial charge in [-0.3, -0.25) is 0 Å². The fraction of sp³-hybridized carbons (Fsp3) is 0.688. The van der Waals surface area contributed by atoms with Gasteiger partial charge in [0, 0.05) is 0 Å². The number of nitrogens with one attached hydrogen (secondary N) is 1. The molecule has 6 nitrogen and oxygen atoms in total. The van der Waals surface area contributed by atoms with Crippen LogP contribution in [0.5, 0.6) is 0 Å². The number of hydrogen-bond acceptors (Lipinski definition) is 5. The molecule has 0 aromatic rings. The van der Waals surface area contributed by atoms with Crippen LogP contribution in [0.4, 0.5) is 0 Å². The maximum absolute atomic E-state index is 11.9. The van der Waals surface area contributed by atoms with Crippen molar-refractivity contribution in [2.75, 3.05) is 33.1 Å². The zero-order valence-corrected chi connectivity index (χ0v) is 16.9. The number of dihydropyridines is 1. The number of hydrogen-bond donors (Lipinski definition) is 3. The number of aliphatic hydroxyl groups is 2. The molecule has 2 rings (SSSR count). The molecule has 0 aromatic carbocycles. The number of likely N-dealkylation sites (N-methyl/N-ethyl adjacent to an activating group) is 1. The van der Waals surface area contributed by atoms with Gasteiger partial charge >= 0.3 is 151 Å². The molecule has 2 aliphatic heterocycles.